The van der Waals surface area contributed by atoms with Gasteiger partial charge in [0, 0.05) is 13.1 Å². The molecule has 0 aromatic rings. The highest BCUT2D eigenvalue weighted by atomic mass is 16.1. The van der Waals surface area contributed by atoms with Crippen molar-refractivity contribution in [3.05, 3.63) is 0 Å². The molecular formula is C14H30N2O. The number of amides is 1. The van der Waals surface area contributed by atoms with Gasteiger partial charge in [-0.2, -0.15) is 0 Å². The van der Waals surface area contributed by atoms with Gasteiger partial charge in [0.25, 0.3) is 0 Å². The molecule has 0 spiro atoms. The molecule has 0 aliphatic heterocycles. The number of hydrogen-bond donors (Lipinski definition) is 2. The van der Waals surface area contributed by atoms with E-state index in [2.05, 4.69) is 46.9 Å². The molecule has 17 heavy (non-hydrogen) atoms. The Bertz CT molecular complexity index is 231. The van der Waals surface area contributed by atoms with E-state index < -0.39 is 0 Å². The highest BCUT2D eigenvalue weighted by Crippen LogP contribution is 2.24. The van der Waals surface area contributed by atoms with Crippen LogP contribution in [0, 0.1) is 23.2 Å². The minimum absolute atomic E-state index is 0.0397. The summed E-state index contributed by atoms with van der Waals surface area (Å²) in [4.78, 5) is 12.0. The van der Waals surface area contributed by atoms with Gasteiger partial charge in [0.1, 0.15) is 0 Å². The van der Waals surface area contributed by atoms with Crippen LogP contribution in [0.2, 0.25) is 0 Å². The van der Waals surface area contributed by atoms with Gasteiger partial charge >= 0.3 is 0 Å². The van der Waals surface area contributed by atoms with Crippen LogP contribution in [0.4, 0.5) is 0 Å². The van der Waals surface area contributed by atoms with Crippen LogP contribution < -0.4 is 11.1 Å². The molecule has 0 aromatic carbocycles. The van der Waals surface area contributed by atoms with Gasteiger partial charge in [0.2, 0.25) is 5.91 Å². The first-order valence-electron chi connectivity index (χ1n) is 6.66. The zero-order valence-corrected chi connectivity index (χ0v) is 12.3. The molecule has 0 fully saturated rings. The fourth-order valence-corrected chi connectivity index (χ4v) is 1.58. The van der Waals surface area contributed by atoms with Gasteiger partial charge in [-0.05, 0) is 23.7 Å². The molecule has 1 amide bonds. The molecule has 0 radical (unpaired) electrons. The Balaban J connectivity index is 4.16. The van der Waals surface area contributed by atoms with Crippen molar-refractivity contribution in [1.82, 2.24) is 5.32 Å². The minimum Gasteiger partial charge on any atom is -0.356 e. The van der Waals surface area contributed by atoms with Crippen LogP contribution in [0.3, 0.4) is 0 Å². The summed E-state index contributed by atoms with van der Waals surface area (Å²) in [6.07, 6.45) is 0.867. The first-order chi connectivity index (χ1) is 7.68. The van der Waals surface area contributed by atoms with Crippen LogP contribution in [-0.4, -0.2) is 19.0 Å². The summed E-state index contributed by atoms with van der Waals surface area (Å²) in [5.41, 5.74) is 5.88. The fourth-order valence-electron chi connectivity index (χ4n) is 1.58. The number of nitrogens with one attached hydrogen (secondary N) is 1. The second-order valence-electron chi connectivity index (χ2n) is 6.57. The van der Waals surface area contributed by atoms with Gasteiger partial charge in [-0.25, -0.2) is 0 Å². The molecule has 0 saturated heterocycles. The highest BCUT2D eigenvalue weighted by Gasteiger charge is 2.23. The molecule has 0 aliphatic carbocycles. The summed E-state index contributed by atoms with van der Waals surface area (Å²) in [6.45, 7) is 14.2. The molecule has 3 N–H and O–H groups in total. The average molecular weight is 242 g/mol. The van der Waals surface area contributed by atoms with E-state index in [4.69, 9.17) is 5.73 Å². The topological polar surface area (TPSA) is 55.1 Å². The molecule has 2 unspecified atom stereocenters. The molecule has 3 nitrogen and oxygen atoms in total. The molecular weight excluding hydrogens is 212 g/mol. The van der Waals surface area contributed by atoms with E-state index in [1.165, 1.54) is 0 Å². The van der Waals surface area contributed by atoms with Crippen molar-refractivity contribution in [2.75, 3.05) is 13.1 Å². The van der Waals surface area contributed by atoms with Gasteiger partial charge in [0.05, 0.1) is 5.92 Å². The standard InChI is InChI=1S/C14H30N2O/c1-10(2)7-12(8-15)13(17)16-9-11(3)14(4,5)6/h10-12H,7-9,15H2,1-6H3,(H,16,17). The van der Waals surface area contributed by atoms with Crippen molar-refractivity contribution in [2.24, 2.45) is 28.9 Å². The fraction of sp³-hybridized carbons (Fsp3) is 0.929. The van der Waals surface area contributed by atoms with E-state index in [1.807, 2.05) is 0 Å². The summed E-state index contributed by atoms with van der Waals surface area (Å²) in [5, 5.41) is 3.03. The quantitative estimate of drug-likeness (QED) is 0.751. The normalized spacial score (nSPS) is 15.8. The van der Waals surface area contributed by atoms with E-state index in [-0.39, 0.29) is 17.2 Å². The predicted molar refractivity (Wildman–Crippen MR) is 73.6 cm³/mol. The van der Waals surface area contributed by atoms with Crippen LogP contribution in [0.5, 0.6) is 0 Å². The Morgan fingerprint density at radius 3 is 2.12 bits per heavy atom. The molecule has 0 heterocycles. The van der Waals surface area contributed by atoms with Crippen LogP contribution in [-0.2, 0) is 4.79 Å². The van der Waals surface area contributed by atoms with E-state index in [0.29, 0.717) is 18.4 Å². The lowest BCUT2D eigenvalue weighted by molar-refractivity contribution is -0.125. The van der Waals surface area contributed by atoms with Crippen LogP contribution in [0.25, 0.3) is 0 Å². The van der Waals surface area contributed by atoms with Crippen molar-refractivity contribution >= 4 is 5.91 Å². The van der Waals surface area contributed by atoms with Gasteiger partial charge in [-0.3, -0.25) is 4.79 Å². The van der Waals surface area contributed by atoms with Gasteiger partial charge in [0.15, 0.2) is 0 Å². The molecule has 0 aliphatic rings. The number of carbonyl (C=O) groups excluding carboxylic acids is 1. The average Bonchev–Trinajstić information content (AvgIpc) is 2.20. The number of carbonyl (C=O) groups is 1. The van der Waals surface area contributed by atoms with Gasteiger partial charge in [-0.1, -0.05) is 41.5 Å². The number of nitrogens with two attached hydrogens (primary N) is 1. The van der Waals surface area contributed by atoms with Gasteiger partial charge < -0.3 is 11.1 Å². The SMILES string of the molecule is CC(C)CC(CN)C(=O)NCC(C)C(C)(C)C. The first-order valence-corrected chi connectivity index (χ1v) is 6.66. The van der Waals surface area contributed by atoms with Crippen molar-refractivity contribution in [1.29, 1.82) is 0 Å². The van der Waals surface area contributed by atoms with Crippen molar-refractivity contribution in [2.45, 2.75) is 48.0 Å². The zero-order valence-electron chi connectivity index (χ0n) is 12.3. The second kappa shape index (κ2) is 7.00. The zero-order chi connectivity index (χ0) is 13.6. The lowest BCUT2D eigenvalue weighted by atomic mass is 9.82. The molecule has 0 aromatic heterocycles. The Morgan fingerprint density at radius 2 is 1.76 bits per heavy atom. The van der Waals surface area contributed by atoms with Crippen molar-refractivity contribution in [3.63, 3.8) is 0 Å². The predicted octanol–water partition coefficient (Wildman–Crippen LogP) is 2.41. The molecule has 2 atom stereocenters. The Kier molecular flexibility index (Phi) is 6.76. The maximum atomic E-state index is 12.0. The van der Waals surface area contributed by atoms with E-state index in [9.17, 15) is 4.79 Å². The monoisotopic (exact) mass is 242 g/mol. The third-order valence-electron chi connectivity index (χ3n) is 3.47. The molecule has 3 heteroatoms. The van der Waals surface area contributed by atoms with Crippen molar-refractivity contribution in [3.8, 4) is 0 Å². The Hall–Kier alpha value is -0.570. The summed E-state index contributed by atoms with van der Waals surface area (Å²) < 4.78 is 0. The minimum atomic E-state index is -0.0397. The second-order valence-corrected chi connectivity index (χ2v) is 6.57. The molecule has 0 bridgehead atoms. The number of hydrogen-bond acceptors (Lipinski definition) is 2. The smallest absolute Gasteiger partial charge is 0.224 e. The summed E-state index contributed by atoms with van der Waals surface area (Å²) in [5.74, 6) is 1.04. The van der Waals surface area contributed by atoms with Crippen LogP contribution >= 0.6 is 0 Å². The largest absolute Gasteiger partial charge is 0.356 e. The maximum Gasteiger partial charge on any atom is 0.224 e. The van der Waals surface area contributed by atoms with Crippen LogP contribution in [0.15, 0.2) is 0 Å². The third-order valence-corrected chi connectivity index (χ3v) is 3.47. The van der Waals surface area contributed by atoms with E-state index in [0.717, 1.165) is 13.0 Å². The molecule has 0 saturated carbocycles. The Labute approximate surface area is 107 Å². The molecule has 0 rings (SSSR count). The number of rotatable bonds is 6. The summed E-state index contributed by atoms with van der Waals surface area (Å²) >= 11 is 0. The maximum absolute atomic E-state index is 12.0. The van der Waals surface area contributed by atoms with Crippen LogP contribution in [0.1, 0.15) is 48.0 Å². The lowest BCUT2D eigenvalue weighted by Gasteiger charge is -2.28. The summed E-state index contributed by atoms with van der Waals surface area (Å²) in [6, 6.07) is 0. The summed E-state index contributed by atoms with van der Waals surface area (Å²) in [7, 11) is 0. The lowest BCUT2D eigenvalue weighted by Crippen LogP contribution is -2.40. The van der Waals surface area contributed by atoms with E-state index >= 15 is 0 Å². The highest BCUT2D eigenvalue weighted by molar-refractivity contribution is 5.78. The van der Waals surface area contributed by atoms with Crippen molar-refractivity contribution < 1.29 is 4.79 Å². The first kappa shape index (κ1) is 16.4. The third kappa shape index (κ3) is 6.67. The van der Waals surface area contributed by atoms with Gasteiger partial charge in [-0.15, -0.1) is 0 Å². The van der Waals surface area contributed by atoms with E-state index in [1.54, 1.807) is 0 Å². The molecule has 102 valence electrons. The Morgan fingerprint density at radius 1 is 1.24 bits per heavy atom.